The van der Waals surface area contributed by atoms with Gasteiger partial charge < -0.3 is 4.43 Å². The summed E-state index contributed by atoms with van der Waals surface area (Å²) in [5.41, 5.74) is 0. The lowest BCUT2D eigenvalue weighted by Gasteiger charge is -2.40. The first kappa shape index (κ1) is 16.3. The smallest absolute Gasteiger partial charge is 0.292 e. The summed E-state index contributed by atoms with van der Waals surface area (Å²) < 4.78 is 6.66. The average molecular weight is 355 g/mol. The van der Waals surface area contributed by atoms with E-state index in [1.807, 2.05) is 0 Å². The minimum atomic E-state index is -1.97. The number of hydrogen-bond acceptors (Lipinski definition) is 1. The Balaban J connectivity index is 2.13. The van der Waals surface area contributed by atoms with Crippen molar-refractivity contribution in [3.8, 4) is 0 Å². The third kappa shape index (κ3) is 3.96. The van der Waals surface area contributed by atoms with Crippen molar-refractivity contribution in [2.45, 2.75) is 52.7 Å². The van der Waals surface area contributed by atoms with Crippen LogP contribution in [0.2, 0.25) is 6.55 Å². The Morgan fingerprint density at radius 1 is 1.20 bits per heavy atom. The zero-order valence-electron chi connectivity index (χ0n) is 13.1. The van der Waals surface area contributed by atoms with Crippen molar-refractivity contribution in [2.75, 3.05) is 0 Å². The van der Waals surface area contributed by atoms with Gasteiger partial charge in [0.15, 0.2) is 0 Å². The van der Waals surface area contributed by atoms with Gasteiger partial charge in [0, 0.05) is 6.10 Å². The lowest BCUT2D eigenvalue weighted by atomic mass is 9.75. The van der Waals surface area contributed by atoms with E-state index in [0.29, 0.717) is 17.9 Å². The fourth-order valence-electron chi connectivity index (χ4n) is 3.34. The first-order valence-electron chi connectivity index (χ1n) is 7.82. The molecule has 0 aliphatic heterocycles. The molecule has 0 saturated heterocycles. The Hall–Kier alpha value is -0.123. The van der Waals surface area contributed by atoms with Crippen LogP contribution in [0.25, 0.3) is 0 Å². The summed E-state index contributed by atoms with van der Waals surface area (Å²) in [5, 5.41) is 1.33. The predicted octanol–water partition coefficient (Wildman–Crippen LogP) is 4.84. The molecule has 0 radical (unpaired) electrons. The summed E-state index contributed by atoms with van der Waals surface area (Å²) in [6.07, 6.45) is 4.30. The average Bonchev–Trinajstić information content (AvgIpc) is 2.39. The molecule has 1 aliphatic carbocycles. The van der Waals surface area contributed by atoms with Gasteiger partial charge in [-0.15, -0.1) is 0 Å². The maximum Gasteiger partial charge on any atom is 0.292 e. The van der Waals surface area contributed by atoms with Crippen molar-refractivity contribution in [2.24, 2.45) is 17.8 Å². The molecule has 0 N–H and O–H groups in total. The summed E-state index contributed by atoms with van der Waals surface area (Å²) in [4.78, 5) is 0. The largest absolute Gasteiger partial charge is 0.400 e. The number of benzene rings is 1. The topological polar surface area (TPSA) is 9.23 Å². The minimum Gasteiger partial charge on any atom is -0.400 e. The Kier molecular flexibility index (Phi) is 5.49. The molecule has 1 aliphatic rings. The highest BCUT2D eigenvalue weighted by atomic mass is 79.9. The molecule has 3 unspecified atom stereocenters. The number of rotatable bonds is 4. The first-order valence-corrected chi connectivity index (χ1v) is 12.5. The maximum absolute atomic E-state index is 6.66. The van der Waals surface area contributed by atoms with Crippen LogP contribution in [0.3, 0.4) is 0 Å². The molecule has 20 heavy (non-hydrogen) atoms. The SMILES string of the molecule is CC1CCC(C(C)C)C(O[Si@](C)(Br)c2ccccc2)C1. The van der Waals surface area contributed by atoms with E-state index in [-0.39, 0.29) is 0 Å². The van der Waals surface area contributed by atoms with E-state index in [4.69, 9.17) is 4.43 Å². The Morgan fingerprint density at radius 3 is 2.45 bits per heavy atom. The zero-order valence-corrected chi connectivity index (χ0v) is 15.7. The van der Waals surface area contributed by atoms with Crippen LogP contribution in [-0.2, 0) is 4.43 Å². The first-order chi connectivity index (χ1) is 9.40. The van der Waals surface area contributed by atoms with Crippen molar-refractivity contribution >= 4 is 27.4 Å². The van der Waals surface area contributed by atoms with Gasteiger partial charge >= 0.3 is 0 Å². The van der Waals surface area contributed by atoms with E-state index in [0.717, 1.165) is 5.92 Å². The predicted molar refractivity (Wildman–Crippen MR) is 92.8 cm³/mol. The lowest BCUT2D eigenvalue weighted by Crippen LogP contribution is -2.48. The van der Waals surface area contributed by atoms with Crippen LogP contribution in [0.15, 0.2) is 30.3 Å². The fourth-order valence-corrected chi connectivity index (χ4v) is 6.62. The molecule has 1 saturated carbocycles. The highest BCUT2D eigenvalue weighted by Gasteiger charge is 2.38. The van der Waals surface area contributed by atoms with Gasteiger partial charge in [0.05, 0.1) is 0 Å². The van der Waals surface area contributed by atoms with Crippen LogP contribution in [-0.4, -0.2) is 13.0 Å². The van der Waals surface area contributed by atoms with Gasteiger partial charge in [0.2, 0.25) is 0 Å². The molecule has 112 valence electrons. The lowest BCUT2D eigenvalue weighted by molar-refractivity contribution is 0.0451. The van der Waals surface area contributed by atoms with Gasteiger partial charge in [0.25, 0.3) is 6.94 Å². The van der Waals surface area contributed by atoms with Gasteiger partial charge in [-0.1, -0.05) is 72.8 Å². The monoisotopic (exact) mass is 354 g/mol. The standard InChI is InChI=1S/C17H27BrOSi/c1-13(2)16-11-10-14(3)12-17(16)19-20(4,18)15-8-6-5-7-9-15/h5-9,13-14,16-17H,10-12H2,1-4H3/t14?,16?,17?,20-/m0/s1. The third-order valence-electron chi connectivity index (χ3n) is 4.62. The Bertz CT molecular complexity index is 418. The van der Waals surface area contributed by atoms with Gasteiger partial charge in [0.1, 0.15) is 0 Å². The van der Waals surface area contributed by atoms with E-state index in [9.17, 15) is 0 Å². The number of hydrogen-bond donors (Lipinski definition) is 0. The summed E-state index contributed by atoms with van der Waals surface area (Å²) in [7, 11) is 0. The van der Waals surface area contributed by atoms with Crippen molar-refractivity contribution < 1.29 is 4.43 Å². The highest BCUT2D eigenvalue weighted by Crippen LogP contribution is 2.37. The second-order valence-electron chi connectivity index (χ2n) is 6.77. The molecule has 1 nitrogen and oxygen atoms in total. The highest BCUT2D eigenvalue weighted by molar-refractivity contribution is 9.26. The molecule has 0 spiro atoms. The Morgan fingerprint density at radius 2 is 1.85 bits per heavy atom. The van der Waals surface area contributed by atoms with Gasteiger partial charge in [-0.25, -0.2) is 0 Å². The summed E-state index contributed by atoms with van der Waals surface area (Å²) >= 11 is 3.94. The van der Waals surface area contributed by atoms with Crippen LogP contribution in [0.5, 0.6) is 0 Å². The molecule has 2 rings (SSSR count). The van der Waals surface area contributed by atoms with E-state index in [1.165, 1.54) is 24.4 Å². The van der Waals surface area contributed by atoms with Crippen molar-refractivity contribution in [1.82, 2.24) is 0 Å². The van der Waals surface area contributed by atoms with Crippen LogP contribution in [0, 0.1) is 17.8 Å². The molecule has 0 aromatic heterocycles. The van der Waals surface area contributed by atoms with Crippen LogP contribution < -0.4 is 5.19 Å². The van der Waals surface area contributed by atoms with Crippen molar-refractivity contribution in [3.63, 3.8) is 0 Å². The number of halogens is 1. The summed E-state index contributed by atoms with van der Waals surface area (Å²) in [6, 6.07) is 10.7. The zero-order chi connectivity index (χ0) is 14.8. The quantitative estimate of drug-likeness (QED) is 0.555. The second kappa shape index (κ2) is 6.76. The normalized spacial score (nSPS) is 30.2. The maximum atomic E-state index is 6.66. The van der Waals surface area contributed by atoms with Crippen LogP contribution >= 0.6 is 15.3 Å². The van der Waals surface area contributed by atoms with Crippen molar-refractivity contribution in [1.29, 1.82) is 0 Å². The third-order valence-corrected chi connectivity index (χ3v) is 8.67. The van der Waals surface area contributed by atoms with Gasteiger partial charge in [-0.3, -0.25) is 0 Å². The Labute approximate surface area is 132 Å². The fraction of sp³-hybridized carbons (Fsp3) is 0.647. The molecular formula is C17H27BrOSi. The molecule has 4 atom stereocenters. The molecule has 0 amide bonds. The van der Waals surface area contributed by atoms with Gasteiger partial charge in [-0.05, 0) is 42.3 Å². The van der Waals surface area contributed by atoms with Gasteiger partial charge in [-0.2, -0.15) is 0 Å². The van der Waals surface area contributed by atoms with Crippen LogP contribution in [0.4, 0.5) is 0 Å². The van der Waals surface area contributed by atoms with Crippen molar-refractivity contribution in [3.05, 3.63) is 30.3 Å². The van der Waals surface area contributed by atoms with Crippen LogP contribution in [0.1, 0.15) is 40.0 Å². The minimum absolute atomic E-state index is 0.412. The molecule has 1 fully saturated rings. The molecule has 1 aromatic rings. The molecular weight excluding hydrogens is 328 g/mol. The molecule has 3 heteroatoms. The summed E-state index contributed by atoms with van der Waals surface area (Å²) in [6.45, 7) is 7.33. The van der Waals surface area contributed by atoms with E-state index >= 15 is 0 Å². The van der Waals surface area contributed by atoms with E-state index < -0.39 is 6.94 Å². The second-order valence-corrected chi connectivity index (χ2v) is 14.0. The van der Waals surface area contributed by atoms with E-state index in [1.54, 1.807) is 0 Å². The molecule has 0 bridgehead atoms. The van der Waals surface area contributed by atoms with E-state index in [2.05, 4.69) is 72.9 Å². The molecule has 1 aromatic carbocycles. The molecule has 0 heterocycles. The summed E-state index contributed by atoms with van der Waals surface area (Å²) in [5.74, 6) is 2.21.